The van der Waals surface area contributed by atoms with Gasteiger partial charge >= 0.3 is 5.97 Å². The molecule has 0 bridgehead atoms. The normalized spacial score (nSPS) is 11.8. The molecule has 0 aliphatic carbocycles. The second-order valence-corrected chi connectivity index (χ2v) is 2.94. The highest BCUT2D eigenvalue weighted by Gasteiger charge is 2.13. The summed E-state index contributed by atoms with van der Waals surface area (Å²) in [6.45, 7) is 0. The number of carbonyl (C=O) groups excluding carboxylic acids is 1. The lowest BCUT2D eigenvalue weighted by atomic mass is 10.1. The predicted octanol–water partition coefficient (Wildman–Crippen LogP) is 0.220. The zero-order valence-corrected chi connectivity index (χ0v) is 9.05. The molecule has 90 valence electrons. The molecule has 0 aromatic heterocycles. The van der Waals surface area contributed by atoms with Gasteiger partial charge in [0.1, 0.15) is 12.2 Å². The minimum atomic E-state index is -0.760. The average molecular weight is 238 g/mol. The highest BCUT2D eigenvalue weighted by Crippen LogP contribution is 2.11. The number of hydrogen-bond acceptors (Lipinski definition) is 4. The topological polar surface area (TPSA) is 103 Å². The van der Waals surface area contributed by atoms with Gasteiger partial charge in [-0.2, -0.15) is 0 Å². The van der Waals surface area contributed by atoms with Gasteiger partial charge in [-0.05, 0) is 12.1 Å². The number of ether oxygens (including phenoxy) is 1. The summed E-state index contributed by atoms with van der Waals surface area (Å²) in [6.07, 6.45) is 0.950. The number of rotatable bonds is 3. The smallest absolute Gasteiger partial charge is 0.340 e. The molecule has 0 aliphatic rings. The van der Waals surface area contributed by atoms with Crippen molar-refractivity contribution < 1.29 is 13.9 Å². The Morgan fingerprint density at radius 3 is 2.76 bits per heavy atom. The predicted molar refractivity (Wildman–Crippen MR) is 61.1 cm³/mol. The lowest BCUT2D eigenvalue weighted by Gasteiger charge is -2.03. The van der Waals surface area contributed by atoms with E-state index in [4.69, 9.17) is 11.5 Å². The lowest BCUT2D eigenvalue weighted by Crippen LogP contribution is -2.14. The van der Waals surface area contributed by atoms with E-state index in [1.54, 1.807) is 0 Å². The molecule has 0 spiro atoms. The van der Waals surface area contributed by atoms with E-state index < -0.39 is 11.8 Å². The summed E-state index contributed by atoms with van der Waals surface area (Å²) in [6, 6.07) is 3.75. The first-order chi connectivity index (χ1) is 8.10. The Morgan fingerprint density at radius 1 is 1.53 bits per heavy atom. The Kier molecular flexibility index (Phi) is 4.15. The number of benzene rings is 1. The summed E-state index contributed by atoms with van der Waals surface area (Å²) in [5.74, 6) is -1.52. The SMILES string of the molecule is COC(=O)c1ccc(/C(N)=N/N=C\N)cc1F. The molecule has 0 saturated carbocycles. The van der Waals surface area contributed by atoms with Crippen molar-refractivity contribution in [3.63, 3.8) is 0 Å². The monoisotopic (exact) mass is 238 g/mol. The van der Waals surface area contributed by atoms with Crippen LogP contribution in [0.5, 0.6) is 0 Å². The van der Waals surface area contributed by atoms with Crippen LogP contribution >= 0.6 is 0 Å². The van der Waals surface area contributed by atoms with Gasteiger partial charge in [0.25, 0.3) is 0 Å². The maximum atomic E-state index is 13.5. The van der Waals surface area contributed by atoms with Crippen LogP contribution in [0, 0.1) is 5.82 Å². The van der Waals surface area contributed by atoms with Crippen molar-refractivity contribution in [2.75, 3.05) is 7.11 Å². The maximum absolute atomic E-state index is 13.5. The van der Waals surface area contributed by atoms with Gasteiger partial charge in [0.2, 0.25) is 0 Å². The van der Waals surface area contributed by atoms with Crippen LogP contribution in [-0.2, 0) is 4.74 Å². The van der Waals surface area contributed by atoms with Crippen LogP contribution in [0.25, 0.3) is 0 Å². The van der Waals surface area contributed by atoms with E-state index >= 15 is 0 Å². The van der Waals surface area contributed by atoms with Crippen LogP contribution in [0.3, 0.4) is 0 Å². The number of hydrogen-bond donors (Lipinski definition) is 2. The third-order valence-corrected chi connectivity index (χ3v) is 1.90. The van der Waals surface area contributed by atoms with Crippen LogP contribution in [0.2, 0.25) is 0 Å². The van der Waals surface area contributed by atoms with Crippen LogP contribution in [0.4, 0.5) is 4.39 Å². The third kappa shape index (κ3) is 3.00. The molecule has 0 aliphatic heterocycles. The Hall–Kier alpha value is -2.44. The summed E-state index contributed by atoms with van der Waals surface area (Å²) in [5, 5.41) is 6.86. The van der Waals surface area contributed by atoms with Crippen LogP contribution in [0.15, 0.2) is 28.4 Å². The Balaban J connectivity index is 3.08. The van der Waals surface area contributed by atoms with Crippen molar-refractivity contribution in [3.8, 4) is 0 Å². The second kappa shape index (κ2) is 5.59. The first-order valence-corrected chi connectivity index (χ1v) is 4.55. The number of nitrogens with two attached hydrogens (primary N) is 2. The molecule has 0 radical (unpaired) electrons. The average Bonchev–Trinajstić information content (AvgIpc) is 2.34. The van der Waals surface area contributed by atoms with E-state index in [-0.39, 0.29) is 11.4 Å². The van der Waals surface area contributed by atoms with Gasteiger partial charge in [0.05, 0.1) is 12.7 Å². The molecule has 0 saturated heterocycles. The molecule has 0 fully saturated rings. The summed E-state index contributed by atoms with van der Waals surface area (Å²) in [5.41, 5.74) is 10.6. The summed E-state index contributed by atoms with van der Waals surface area (Å²) >= 11 is 0. The molecule has 7 heteroatoms. The van der Waals surface area contributed by atoms with E-state index in [0.717, 1.165) is 12.4 Å². The van der Waals surface area contributed by atoms with Crippen LogP contribution < -0.4 is 11.5 Å². The molecule has 1 aromatic rings. The number of methoxy groups -OCH3 is 1. The zero-order valence-electron chi connectivity index (χ0n) is 9.05. The molecule has 17 heavy (non-hydrogen) atoms. The summed E-state index contributed by atoms with van der Waals surface area (Å²) in [7, 11) is 1.17. The molecular formula is C10H11FN4O2. The van der Waals surface area contributed by atoms with Gasteiger partial charge in [-0.25, -0.2) is 9.18 Å². The van der Waals surface area contributed by atoms with Gasteiger partial charge < -0.3 is 16.2 Å². The standard InChI is InChI=1S/C10H11FN4O2/c1-17-10(16)7-3-2-6(4-8(7)11)9(13)15-14-5-12/h2-5H,1H3,(H2,12,14)(H2,13,15). The Morgan fingerprint density at radius 2 is 2.24 bits per heavy atom. The Bertz CT molecular complexity index is 485. The number of halogens is 1. The maximum Gasteiger partial charge on any atom is 0.340 e. The number of carbonyl (C=O) groups is 1. The molecular weight excluding hydrogens is 227 g/mol. The van der Waals surface area contributed by atoms with E-state index in [9.17, 15) is 9.18 Å². The number of nitrogens with zero attached hydrogens (tertiary/aromatic N) is 2. The summed E-state index contributed by atoms with van der Waals surface area (Å²) in [4.78, 5) is 11.1. The second-order valence-electron chi connectivity index (χ2n) is 2.94. The van der Waals surface area contributed by atoms with Crippen molar-refractivity contribution in [3.05, 3.63) is 35.1 Å². The number of amidine groups is 1. The van der Waals surface area contributed by atoms with Crippen LogP contribution in [-0.4, -0.2) is 25.3 Å². The minimum absolute atomic E-state index is 0.0120. The van der Waals surface area contributed by atoms with Crippen molar-refractivity contribution in [2.24, 2.45) is 21.7 Å². The molecule has 4 N–H and O–H groups in total. The van der Waals surface area contributed by atoms with E-state index in [1.807, 2.05) is 0 Å². The van der Waals surface area contributed by atoms with Gasteiger partial charge in [0.15, 0.2) is 5.84 Å². The van der Waals surface area contributed by atoms with E-state index in [0.29, 0.717) is 5.56 Å². The minimum Gasteiger partial charge on any atom is -0.465 e. The van der Waals surface area contributed by atoms with Crippen molar-refractivity contribution in [1.29, 1.82) is 0 Å². The summed E-state index contributed by atoms with van der Waals surface area (Å²) < 4.78 is 17.9. The van der Waals surface area contributed by atoms with E-state index in [2.05, 4.69) is 14.9 Å². The quantitative estimate of drug-likeness (QED) is 0.340. The van der Waals surface area contributed by atoms with Crippen LogP contribution in [0.1, 0.15) is 15.9 Å². The van der Waals surface area contributed by atoms with Crippen molar-refractivity contribution in [2.45, 2.75) is 0 Å². The molecule has 0 atom stereocenters. The van der Waals surface area contributed by atoms with Gasteiger partial charge in [0, 0.05) is 5.56 Å². The van der Waals surface area contributed by atoms with E-state index in [1.165, 1.54) is 19.2 Å². The fourth-order valence-corrected chi connectivity index (χ4v) is 1.10. The Labute approximate surface area is 96.8 Å². The number of esters is 1. The first kappa shape index (κ1) is 12.6. The van der Waals surface area contributed by atoms with Gasteiger partial charge in [-0.15, -0.1) is 10.2 Å². The molecule has 0 heterocycles. The largest absolute Gasteiger partial charge is 0.465 e. The fraction of sp³-hybridized carbons (Fsp3) is 0.100. The molecule has 6 nitrogen and oxygen atoms in total. The fourth-order valence-electron chi connectivity index (χ4n) is 1.10. The van der Waals surface area contributed by atoms with Crippen molar-refractivity contribution >= 4 is 18.1 Å². The molecule has 1 rings (SSSR count). The zero-order chi connectivity index (χ0) is 12.8. The third-order valence-electron chi connectivity index (χ3n) is 1.90. The van der Waals surface area contributed by atoms with Gasteiger partial charge in [-0.3, -0.25) is 0 Å². The molecule has 1 aromatic carbocycles. The first-order valence-electron chi connectivity index (χ1n) is 4.55. The van der Waals surface area contributed by atoms with Gasteiger partial charge in [-0.1, -0.05) is 6.07 Å². The highest BCUT2D eigenvalue weighted by molar-refractivity contribution is 5.98. The molecule has 0 unspecified atom stereocenters. The lowest BCUT2D eigenvalue weighted by molar-refractivity contribution is 0.0595. The molecule has 0 amide bonds. The highest BCUT2D eigenvalue weighted by atomic mass is 19.1. The van der Waals surface area contributed by atoms with Crippen molar-refractivity contribution in [1.82, 2.24) is 0 Å².